The third-order valence-corrected chi connectivity index (χ3v) is 7.72. The fourth-order valence-electron chi connectivity index (χ4n) is 5.77. The second-order valence-electron chi connectivity index (χ2n) is 10.1. The molecule has 1 heterocycles. The summed E-state index contributed by atoms with van der Waals surface area (Å²) in [5, 5.41) is 3.59. The molecule has 0 fully saturated rings. The Morgan fingerprint density at radius 1 is 0.775 bits per heavy atom. The third kappa shape index (κ3) is 4.62. The van der Waals surface area contributed by atoms with Crippen LogP contribution < -0.4 is 19.7 Å². The maximum atomic E-state index is 14.3. The molecule has 0 aromatic heterocycles. The molecular formula is C34H30N2O4. The van der Waals surface area contributed by atoms with Crippen molar-refractivity contribution in [3.05, 3.63) is 131 Å². The predicted octanol–water partition coefficient (Wildman–Crippen LogP) is 6.92. The van der Waals surface area contributed by atoms with Crippen molar-refractivity contribution >= 4 is 23.1 Å². The van der Waals surface area contributed by atoms with E-state index in [4.69, 9.17) is 9.47 Å². The summed E-state index contributed by atoms with van der Waals surface area (Å²) in [5.41, 5.74) is 5.38. The number of nitrogens with one attached hydrogen (secondary N) is 1. The van der Waals surface area contributed by atoms with Crippen LogP contribution in [-0.4, -0.2) is 25.9 Å². The standard InChI is InChI=1S/C34H30N2O4/c1-39-26-17-15-22(16-18-26)25-20-29-32(31(37)21-25)33(24-11-8-12-27(19-24)40-2)36(30-14-7-6-13-28(30)35-29)34(38)23-9-4-3-5-10-23/h3-19,25,33,35H,20-21H2,1-2H3/t25-,33+/m1/s1. The van der Waals surface area contributed by atoms with Crippen LogP contribution in [0.4, 0.5) is 11.4 Å². The van der Waals surface area contributed by atoms with E-state index in [1.807, 2.05) is 103 Å². The number of carbonyl (C=O) groups excluding carboxylic acids is 2. The van der Waals surface area contributed by atoms with E-state index in [0.29, 0.717) is 35.4 Å². The molecule has 0 bridgehead atoms. The van der Waals surface area contributed by atoms with Crippen LogP contribution in [0.3, 0.4) is 0 Å². The summed E-state index contributed by atoms with van der Waals surface area (Å²) in [7, 11) is 3.26. The number of amides is 1. The van der Waals surface area contributed by atoms with Gasteiger partial charge in [-0.05, 0) is 72.0 Å². The molecule has 6 heteroatoms. The Morgan fingerprint density at radius 3 is 2.25 bits per heavy atom. The Kier molecular flexibility index (Phi) is 6.83. The number of fused-ring (bicyclic) bond motifs is 1. The maximum Gasteiger partial charge on any atom is 0.259 e. The molecule has 40 heavy (non-hydrogen) atoms. The zero-order valence-electron chi connectivity index (χ0n) is 22.5. The molecule has 2 atom stereocenters. The van der Waals surface area contributed by atoms with E-state index in [9.17, 15) is 9.59 Å². The summed E-state index contributed by atoms with van der Waals surface area (Å²) in [6.07, 6.45) is 0.979. The van der Waals surface area contributed by atoms with Crippen molar-refractivity contribution in [2.75, 3.05) is 24.4 Å². The van der Waals surface area contributed by atoms with E-state index < -0.39 is 6.04 Å². The number of hydrogen-bond acceptors (Lipinski definition) is 5. The van der Waals surface area contributed by atoms with E-state index in [0.717, 1.165) is 28.3 Å². The molecule has 0 saturated carbocycles. The van der Waals surface area contributed by atoms with E-state index in [1.165, 1.54) is 0 Å². The lowest BCUT2D eigenvalue weighted by molar-refractivity contribution is -0.116. The number of ether oxygens (including phenoxy) is 2. The minimum Gasteiger partial charge on any atom is -0.497 e. The van der Waals surface area contributed by atoms with Crippen molar-refractivity contribution < 1.29 is 19.1 Å². The number of nitrogens with zero attached hydrogens (tertiary/aromatic N) is 1. The van der Waals surface area contributed by atoms with Gasteiger partial charge in [0.1, 0.15) is 11.5 Å². The van der Waals surface area contributed by atoms with Crippen molar-refractivity contribution in [1.82, 2.24) is 0 Å². The molecule has 4 aromatic rings. The quantitative estimate of drug-likeness (QED) is 0.303. The van der Waals surface area contributed by atoms with E-state index in [2.05, 4.69) is 5.32 Å². The van der Waals surface area contributed by atoms with Crippen LogP contribution in [0.25, 0.3) is 0 Å². The van der Waals surface area contributed by atoms with Crippen molar-refractivity contribution in [3.63, 3.8) is 0 Å². The number of allylic oxidation sites excluding steroid dienone is 1. The number of carbonyl (C=O) groups is 2. The molecule has 2 aliphatic rings. The van der Waals surface area contributed by atoms with Crippen molar-refractivity contribution in [1.29, 1.82) is 0 Å². The van der Waals surface area contributed by atoms with E-state index >= 15 is 0 Å². The van der Waals surface area contributed by atoms with Gasteiger partial charge in [-0.1, -0.05) is 54.6 Å². The number of para-hydroxylation sites is 2. The lowest BCUT2D eigenvalue weighted by Gasteiger charge is -2.35. The van der Waals surface area contributed by atoms with Gasteiger partial charge < -0.3 is 14.8 Å². The van der Waals surface area contributed by atoms with Crippen LogP contribution in [-0.2, 0) is 4.79 Å². The summed E-state index contributed by atoms with van der Waals surface area (Å²) < 4.78 is 10.9. The first-order valence-corrected chi connectivity index (χ1v) is 13.4. The monoisotopic (exact) mass is 530 g/mol. The lowest BCUT2D eigenvalue weighted by atomic mass is 9.78. The van der Waals surface area contributed by atoms with Gasteiger partial charge in [0, 0.05) is 23.3 Å². The summed E-state index contributed by atoms with van der Waals surface area (Å²) in [6, 6.07) is 31.9. The lowest BCUT2D eigenvalue weighted by Crippen LogP contribution is -2.38. The van der Waals surface area contributed by atoms with E-state index in [-0.39, 0.29) is 17.6 Å². The zero-order valence-corrected chi connectivity index (χ0v) is 22.5. The molecule has 6 rings (SSSR count). The summed E-state index contributed by atoms with van der Waals surface area (Å²) >= 11 is 0. The smallest absolute Gasteiger partial charge is 0.259 e. The normalized spacial score (nSPS) is 18.2. The molecule has 4 aromatic carbocycles. The molecule has 1 aliphatic carbocycles. The van der Waals surface area contributed by atoms with Gasteiger partial charge in [0.15, 0.2) is 5.78 Å². The van der Waals surface area contributed by atoms with Gasteiger partial charge in [0.25, 0.3) is 5.91 Å². The topological polar surface area (TPSA) is 67.9 Å². The summed E-state index contributed by atoms with van der Waals surface area (Å²) in [4.78, 5) is 30.3. The molecule has 1 amide bonds. The van der Waals surface area contributed by atoms with Gasteiger partial charge in [-0.2, -0.15) is 0 Å². The highest BCUT2D eigenvalue weighted by Crippen LogP contribution is 2.48. The fraction of sp³-hybridized carbons (Fsp3) is 0.176. The first-order valence-electron chi connectivity index (χ1n) is 13.4. The highest BCUT2D eigenvalue weighted by molar-refractivity contribution is 6.12. The van der Waals surface area contributed by atoms with Gasteiger partial charge in [-0.15, -0.1) is 0 Å². The van der Waals surface area contributed by atoms with Gasteiger partial charge in [-0.25, -0.2) is 0 Å². The third-order valence-electron chi connectivity index (χ3n) is 7.72. The summed E-state index contributed by atoms with van der Waals surface area (Å²) in [6.45, 7) is 0. The predicted molar refractivity (Wildman–Crippen MR) is 156 cm³/mol. The van der Waals surface area contributed by atoms with Crippen LogP contribution in [0, 0.1) is 0 Å². The Morgan fingerprint density at radius 2 is 1.50 bits per heavy atom. The first kappa shape index (κ1) is 25.4. The van der Waals surface area contributed by atoms with Crippen molar-refractivity contribution in [3.8, 4) is 11.5 Å². The maximum absolute atomic E-state index is 14.3. The minimum atomic E-state index is -0.640. The van der Waals surface area contributed by atoms with E-state index in [1.54, 1.807) is 19.1 Å². The number of hydrogen-bond donors (Lipinski definition) is 1. The highest BCUT2D eigenvalue weighted by Gasteiger charge is 2.42. The fourth-order valence-corrected chi connectivity index (χ4v) is 5.77. The Hall–Kier alpha value is -4.84. The number of benzene rings is 4. The molecule has 1 aliphatic heterocycles. The van der Waals surface area contributed by atoms with Crippen molar-refractivity contribution in [2.45, 2.75) is 24.8 Å². The van der Waals surface area contributed by atoms with Crippen LogP contribution in [0.2, 0.25) is 0 Å². The molecule has 0 radical (unpaired) electrons. The molecule has 1 N–H and O–H groups in total. The molecule has 0 unspecified atom stereocenters. The highest BCUT2D eigenvalue weighted by atomic mass is 16.5. The second-order valence-corrected chi connectivity index (χ2v) is 10.1. The molecule has 6 nitrogen and oxygen atoms in total. The van der Waals surface area contributed by atoms with Crippen LogP contribution >= 0.6 is 0 Å². The average molecular weight is 531 g/mol. The summed E-state index contributed by atoms with van der Waals surface area (Å²) in [5.74, 6) is 1.28. The van der Waals surface area contributed by atoms with Crippen LogP contribution in [0.15, 0.2) is 114 Å². The number of rotatable bonds is 5. The van der Waals surface area contributed by atoms with Gasteiger partial charge in [-0.3, -0.25) is 14.5 Å². The minimum absolute atomic E-state index is 0.000785. The Balaban J connectivity index is 1.54. The zero-order chi connectivity index (χ0) is 27.6. The second kappa shape index (κ2) is 10.7. The number of methoxy groups -OCH3 is 2. The number of ketones is 1. The van der Waals surface area contributed by atoms with Crippen LogP contribution in [0.1, 0.15) is 46.3 Å². The van der Waals surface area contributed by atoms with Crippen LogP contribution in [0.5, 0.6) is 11.5 Å². The van der Waals surface area contributed by atoms with Gasteiger partial charge in [0.05, 0.1) is 31.6 Å². The largest absolute Gasteiger partial charge is 0.497 e. The average Bonchev–Trinajstić information content (AvgIpc) is 3.16. The Labute approximate surface area is 233 Å². The molecule has 0 saturated heterocycles. The van der Waals surface area contributed by atoms with Gasteiger partial charge >= 0.3 is 0 Å². The number of anilines is 2. The molecule has 200 valence electrons. The SMILES string of the molecule is COc1ccc([C@H]2CC(=O)C3=C(C2)Nc2ccccc2N(C(=O)c2ccccc2)[C@H]3c2cccc(OC)c2)cc1. The molecular weight excluding hydrogens is 500 g/mol. The first-order chi connectivity index (χ1) is 19.6. The molecule has 0 spiro atoms. The Bertz CT molecular complexity index is 1590. The number of Topliss-reactive ketones (excluding diaryl/α,β-unsaturated/α-hetero) is 1. The van der Waals surface area contributed by atoms with Crippen molar-refractivity contribution in [2.24, 2.45) is 0 Å². The van der Waals surface area contributed by atoms with Gasteiger partial charge in [0.2, 0.25) is 0 Å².